The van der Waals surface area contributed by atoms with Crippen LogP contribution in [0.25, 0.3) is 0 Å². The van der Waals surface area contributed by atoms with Gasteiger partial charge in [0.15, 0.2) is 0 Å². The van der Waals surface area contributed by atoms with Crippen molar-refractivity contribution in [2.24, 2.45) is 5.92 Å². The quantitative estimate of drug-likeness (QED) is 0.807. The summed E-state index contributed by atoms with van der Waals surface area (Å²) in [4.78, 5) is 12.4. The van der Waals surface area contributed by atoms with E-state index in [1.165, 1.54) is 12.1 Å². The van der Waals surface area contributed by atoms with E-state index in [1.807, 2.05) is 0 Å². The lowest BCUT2D eigenvalue weighted by atomic mass is 9.81. The maximum absolute atomic E-state index is 12.8. The minimum atomic E-state index is -0.250. The lowest BCUT2D eigenvalue weighted by Gasteiger charge is -2.36. The minimum Gasteiger partial charge on any atom is -0.396 e. The Morgan fingerprint density at radius 3 is 2.71 bits per heavy atom. The highest BCUT2D eigenvalue weighted by Crippen LogP contribution is 2.32. The Bertz CT molecular complexity index is 380. The standard InChI is InChI=1S/C13H16FNO2/c14-12-3-1-10(2-4-12)13-5-6-15(9-17)7-11(13)8-16/h1-4,9,11,13,16H,5-8H2. The van der Waals surface area contributed by atoms with Gasteiger partial charge in [-0.1, -0.05) is 12.1 Å². The Balaban J connectivity index is 2.14. The molecule has 1 fully saturated rings. The van der Waals surface area contributed by atoms with Gasteiger partial charge in [0.25, 0.3) is 0 Å². The Morgan fingerprint density at radius 1 is 1.41 bits per heavy atom. The van der Waals surface area contributed by atoms with E-state index in [9.17, 15) is 14.3 Å². The van der Waals surface area contributed by atoms with Crippen molar-refractivity contribution in [1.82, 2.24) is 4.90 Å². The molecule has 1 amide bonds. The van der Waals surface area contributed by atoms with Gasteiger partial charge in [0.1, 0.15) is 5.82 Å². The van der Waals surface area contributed by atoms with Crippen molar-refractivity contribution >= 4 is 6.41 Å². The van der Waals surface area contributed by atoms with Gasteiger partial charge < -0.3 is 10.0 Å². The third-order valence-corrected chi connectivity index (χ3v) is 3.45. The second-order valence-electron chi connectivity index (χ2n) is 4.49. The van der Waals surface area contributed by atoms with Crippen LogP contribution in [0.1, 0.15) is 17.9 Å². The number of aliphatic hydroxyl groups excluding tert-OH is 1. The molecule has 0 bridgehead atoms. The smallest absolute Gasteiger partial charge is 0.209 e. The molecule has 1 heterocycles. The van der Waals surface area contributed by atoms with E-state index in [2.05, 4.69) is 0 Å². The number of rotatable bonds is 3. The van der Waals surface area contributed by atoms with Gasteiger partial charge in [-0.15, -0.1) is 0 Å². The van der Waals surface area contributed by atoms with Gasteiger partial charge in [-0.2, -0.15) is 0 Å². The van der Waals surface area contributed by atoms with Crippen LogP contribution in [0.5, 0.6) is 0 Å². The molecule has 2 atom stereocenters. The predicted octanol–water partition coefficient (Wildman–Crippen LogP) is 1.38. The molecule has 1 N–H and O–H groups in total. The zero-order chi connectivity index (χ0) is 12.3. The SMILES string of the molecule is O=CN1CCC(c2ccc(F)cc2)C(CO)C1. The molecule has 1 aromatic rings. The fourth-order valence-corrected chi connectivity index (χ4v) is 2.49. The first kappa shape index (κ1) is 12.0. The van der Waals surface area contributed by atoms with Crippen LogP contribution in [0.2, 0.25) is 0 Å². The van der Waals surface area contributed by atoms with Crippen LogP contribution in [0.4, 0.5) is 4.39 Å². The number of likely N-dealkylation sites (tertiary alicyclic amines) is 1. The number of benzene rings is 1. The van der Waals surface area contributed by atoms with Gasteiger partial charge in [-0.25, -0.2) is 4.39 Å². The highest BCUT2D eigenvalue weighted by Gasteiger charge is 2.29. The summed E-state index contributed by atoms with van der Waals surface area (Å²) in [5.41, 5.74) is 1.04. The molecule has 92 valence electrons. The largest absolute Gasteiger partial charge is 0.396 e. The molecule has 4 heteroatoms. The molecule has 2 unspecified atom stereocenters. The van der Waals surface area contributed by atoms with Crippen LogP contribution in [0.3, 0.4) is 0 Å². The number of nitrogens with zero attached hydrogens (tertiary/aromatic N) is 1. The van der Waals surface area contributed by atoms with Crippen molar-refractivity contribution in [2.45, 2.75) is 12.3 Å². The molecule has 3 nitrogen and oxygen atoms in total. The highest BCUT2D eigenvalue weighted by atomic mass is 19.1. The average molecular weight is 237 g/mol. The van der Waals surface area contributed by atoms with E-state index in [1.54, 1.807) is 17.0 Å². The molecule has 2 rings (SSSR count). The summed E-state index contributed by atoms with van der Waals surface area (Å²) in [6.07, 6.45) is 1.64. The number of carbonyl (C=O) groups excluding carboxylic acids is 1. The van der Waals surface area contributed by atoms with Crippen LogP contribution in [0, 0.1) is 11.7 Å². The molecule has 1 aromatic carbocycles. The summed E-state index contributed by atoms with van der Waals surface area (Å²) in [6.45, 7) is 1.32. The number of hydrogen-bond acceptors (Lipinski definition) is 2. The van der Waals surface area contributed by atoms with Gasteiger partial charge in [-0.05, 0) is 30.0 Å². The molecule has 1 aliphatic rings. The van der Waals surface area contributed by atoms with Crippen molar-refractivity contribution in [3.63, 3.8) is 0 Å². The van der Waals surface area contributed by atoms with Crippen molar-refractivity contribution < 1.29 is 14.3 Å². The Morgan fingerprint density at radius 2 is 2.12 bits per heavy atom. The summed E-state index contributed by atoms with van der Waals surface area (Å²) in [5, 5.41) is 9.37. The number of carbonyl (C=O) groups is 1. The molecule has 17 heavy (non-hydrogen) atoms. The van der Waals surface area contributed by atoms with Gasteiger partial charge in [0, 0.05) is 25.6 Å². The van der Waals surface area contributed by atoms with Crippen molar-refractivity contribution in [3.05, 3.63) is 35.6 Å². The van der Waals surface area contributed by atoms with Gasteiger partial charge in [0.2, 0.25) is 6.41 Å². The molecule has 0 spiro atoms. The van der Waals surface area contributed by atoms with Crippen LogP contribution in [-0.4, -0.2) is 36.1 Å². The molecule has 0 aliphatic carbocycles. The molecule has 1 saturated heterocycles. The first-order chi connectivity index (χ1) is 8.24. The first-order valence-electron chi connectivity index (χ1n) is 5.80. The monoisotopic (exact) mass is 237 g/mol. The van der Waals surface area contributed by atoms with Crippen LogP contribution < -0.4 is 0 Å². The fraction of sp³-hybridized carbons (Fsp3) is 0.462. The number of halogens is 1. The zero-order valence-electron chi connectivity index (χ0n) is 9.55. The molecule has 0 aromatic heterocycles. The second-order valence-corrected chi connectivity index (χ2v) is 4.49. The third kappa shape index (κ3) is 2.64. The maximum Gasteiger partial charge on any atom is 0.209 e. The van der Waals surface area contributed by atoms with E-state index in [0.29, 0.717) is 13.1 Å². The number of hydrogen-bond donors (Lipinski definition) is 1. The second kappa shape index (κ2) is 5.27. The predicted molar refractivity (Wildman–Crippen MR) is 62.0 cm³/mol. The first-order valence-corrected chi connectivity index (χ1v) is 5.80. The Hall–Kier alpha value is -1.42. The lowest BCUT2D eigenvalue weighted by Crippen LogP contribution is -2.40. The van der Waals surface area contributed by atoms with Crippen molar-refractivity contribution in [3.8, 4) is 0 Å². The number of aliphatic hydroxyl groups is 1. The van der Waals surface area contributed by atoms with E-state index >= 15 is 0 Å². The van der Waals surface area contributed by atoms with Crippen LogP contribution in [-0.2, 0) is 4.79 Å². The Labute approximate surface area is 99.9 Å². The lowest BCUT2D eigenvalue weighted by molar-refractivity contribution is -0.120. The molecule has 0 radical (unpaired) electrons. The van der Waals surface area contributed by atoms with E-state index in [0.717, 1.165) is 18.4 Å². The summed E-state index contributed by atoms with van der Waals surface area (Å²) in [6, 6.07) is 6.41. The summed E-state index contributed by atoms with van der Waals surface area (Å²) in [7, 11) is 0. The van der Waals surface area contributed by atoms with Crippen LogP contribution in [0.15, 0.2) is 24.3 Å². The highest BCUT2D eigenvalue weighted by molar-refractivity contribution is 5.47. The molecule has 1 aliphatic heterocycles. The van der Waals surface area contributed by atoms with Gasteiger partial charge >= 0.3 is 0 Å². The zero-order valence-corrected chi connectivity index (χ0v) is 9.55. The van der Waals surface area contributed by atoms with E-state index < -0.39 is 0 Å². The van der Waals surface area contributed by atoms with Crippen LogP contribution >= 0.6 is 0 Å². The average Bonchev–Trinajstić information content (AvgIpc) is 2.39. The van der Waals surface area contributed by atoms with Crippen molar-refractivity contribution in [1.29, 1.82) is 0 Å². The van der Waals surface area contributed by atoms with E-state index in [-0.39, 0.29) is 24.3 Å². The summed E-state index contributed by atoms with van der Waals surface area (Å²) >= 11 is 0. The normalized spacial score (nSPS) is 24.7. The maximum atomic E-state index is 12.8. The summed E-state index contributed by atoms with van der Waals surface area (Å²) in [5.74, 6) is -0.00385. The number of amides is 1. The minimum absolute atomic E-state index is 0.0411. The number of piperidine rings is 1. The molecule has 0 saturated carbocycles. The fourth-order valence-electron chi connectivity index (χ4n) is 2.49. The third-order valence-electron chi connectivity index (χ3n) is 3.45. The Kier molecular flexibility index (Phi) is 3.74. The van der Waals surface area contributed by atoms with Gasteiger partial charge in [0.05, 0.1) is 0 Å². The van der Waals surface area contributed by atoms with Crippen molar-refractivity contribution in [2.75, 3.05) is 19.7 Å². The summed E-state index contributed by atoms with van der Waals surface area (Å²) < 4.78 is 12.8. The van der Waals surface area contributed by atoms with E-state index in [4.69, 9.17) is 0 Å². The topological polar surface area (TPSA) is 40.5 Å². The molecular formula is C13H16FNO2. The van der Waals surface area contributed by atoms with Gasteiger partial charge in [-0.3, -0.25) is 4.79 Å². The molecular weight excluding hydrogens is 221 g/mol.